The zero-order chi connectivity index (χ0) is 16.1. The number of ether oxygens (including phenoxy) is 2. The van der Waals surface area contributed by atoms with Crippen molar-refractivity contribution < 1.29 is 14.3 Å². The summed E-state index contributed by atoms with van der Waals surface area (Å²) in [4.78, 5) is 12.1. The van der Waals surface area contributed by atoms with E-state index in [1.807, 2.05) is 48.5 Å². The molecule has 0 spiro atoms. The van der Waals surface area contributed by atoms with Gasteiger partial charge in [0.25, 0.3) is 0 Å². The topological polar surface area (TPSA) is 47.6 Å². The summed E-state index contributed by atoms with van der Waals surface area (Å²) in [7, 11) is 0. The Balaban J connectivity index is 1.41. The number of para-hydroxylation sites is 1. The standard InChI is InChI=1S/C19H21NO3/c1-14(22-13-15-7-3-2-4-8-15)19(21)20-12-17-11-16-9-5-6-10-18(16)23-17/h2-10,14,17H,11-13H2,1H3,(H,20,21)/t14-,17+/m0/s1. The van der Waals surface area contributed by atoms with E-state index in [2.05, 4.69) is 11.4 Å². The molecule has 0 bridgehead atoms. The van der Waals surface area contributed by atoms with Crippen molar-refractivity contribution in [3.05, 3.63) is 65.7 Å². The van der Waals surface area contributed by atoms with Gasteiger partial charge in [0.15, 0.2) is 0 Å². The number of benzene rings is 2. The summed E-state index contributed by atoms with van der Waals surface area (Å²) in [6, 6.07) is 17.8. The fourth-order valence-electron chi connectivity index (χ4n) is 2.60. The Morgan fingerprint density at radius 2 is 1.96 bits per heavy atom. The highest BCUT2D eigenvalue weighted by Crippen LogP contribution is 2.27. The number of carbonyl (C=O) groups is 1. The van der Waals surface area contributed by atoms with Gasteiger partial charge in [-0.2, -0.15) is 0 Å². The molecule has 0 aromatic heterocycles. The van der Waals surface area contributed by atoms with Gasteiger partial charge in [0, 0.05) is 6.42 Å². The van der Waals surface area contributed by atoms with Gasteiger partial charge in [0.05, 0.1) is 13.2 Å². The predicted molar refractivity (Wildman–Crippen MR) is 88.3 cm³/mol. The lowest BCUT2D eigenvalue weighted by Crippen LogP contribution is -2.40. The van der Waals surface area contributed by atoms with Crippen molar-refractivity contribution in [1.82, 2.24) is 5.32 Å². The van der Waals surface area contributed by atoms with E-state index in [-0.39, 0.29) is 12.0 Å². The average Bonchev–Trinajstić information content (AvgIpc) is 3.01. The molecule has 1 aliphatic heterocycles. The van der Waals surface area contributed by atoms with E-state index in [9.17, 15) is 4.79 Å². The fourth-order valence-corrected chi connectivity index (χ4v) is 2.60. The first-order valence-electron chi connectivity index (χ1n) is 7.90. The number of amides is 1. The summed E-state index contributed by atoms with van der Waals surface area (Å²) in [5.74, 6) is 0.806. The third kappa shape index (κ3) is 4.11. The van der Waals surface area contributed by atoms with E-state index in [0.29, 0.717) is 13.2 Å². The van der Waals surface area contributed by atoms with Gasteiger partial charge >= 0.3 is 0 Å². The first-order valence-corrected chi connectivity index (χ1v) is 7.90. The molecule has 2 aromatic rings. The summed E-state index contributed by atoms with van der Waals surface area (Å²) in [5.41, 5.74) is 2.25. The largest absolute Gasteiger partial charge is 0.488 e. The van der Waals surface area contributed by atoms with Crippen molar-refractivity contribution in [2.24, 2.45) is 0 Å². The Kier molecular flexibility index (Phi) is 4.93. The van der Waals surface area contributed by atoms with E-state index in [1.165, 1.54) is 5.56 Å². The maximum Gasteiger partial charge on any atom is 0.248 e. The van der Waals surface area contributed by atoms with Gasteiger partial charge < -0.3 is 14.8 Å². The summed E-state index contributed by atoms with van der Waals surface area (Å²) >= 11 is 0. The van der Waals surface area contributed by atoms with Crippen LogP contribution in [0.15, 0.2) is 54.6 Å². The third-order valence-electron chi connectivity index (χ3n) is 3.93. The van der Waals surface area contributed by atoms with Crippen molar-refractivity contribution >= 4 is 5.91 Å². The molecule has 2 aromatic carbocycles. The molecule has 1 aliphatic rings. The van der Waals surface area contributed by atoms with E-state index in [4.69, 9.17) is 9.47 Å². The summed E-state index contributed by atoms with van der Waals surface area (Å²) in [6.07, 6.45) is 0.340. The summed E-state index contributed by atoms with van der Waals surface area (Å²) < 4.78 is 11.4. The Labute approximate surface area is 136 Å². The van der Waals surface area contributed by atoms with Crippen LogP contribution in [0.1, 0.15) is 18.1 Å². The van der Waals surface area contributed by atoms with Crippen molar-refractivity contribution in [2.75, 3.05) is 6.54 Å². The van der Waals surface area contributed by atoms with E-state index in [0.717, 1.165) is 17.7 Å². The molecule has 0 saturated heterocycles. The van der Waals surface area contributed by atoms with Crippen LogP contribution in [0.25, 0.3) is 0 Å². The van der Waals surface area contributed by atoms with Crippen LogP contribution < -0.4 is 10.1 Å². The second kappa shape index (κ2) is 7.29. The van der Waals surface area contributed by atoms with E-state index < -0.39 is 6.10 Å². The molecule has 1 amide bonds. The van der Waals surface area contributed by atoms with Gasteiger partial charge in [-0.15, -0.1) is 0 Å². The van der Waals surface area contributed by atoms with Crippen molar-refractivity contribution in [2.45, 2.75) is 32.2 Å². The minimum absolute atomic E-state index is 0.00215. The first-order chi connectivity index (χ1) is 11.2. The third-order valence-corrected chi connectivity index (χ3v) is 3.93. The Morgan fingerprint density at radius 1 is 1.22 bits per heavy atom. The zero-order valence-corrected chi connectivity index (χ0v) is 13.2. The smallest absolute Gasteiger partial charge is 0.248 e. The second-order valence-corrected chi connectivity index (χ2v) is 5.74. The number of carbonyl (C=O) groups excluding carboxylic acids is 1. The highest BCUT2D eigenvalue weighted by Gasteiger charge is 2.23. The lowest BCUT2D eigenvalue weighted by Gasteiger charge is -2.16. The van der Waals surface area contributed by atoms with Crippen LogP contribution in [0.5, 0.6) is 5.75 Å². The molecule has 2 atom stereocenters. The number of hydrogen-bond donors (Lipinski definition) is 1. The quantitative estimate of drug-likeness (QED) is 0.892. The van der Waals surface area contributed by atoms with Gasteiger partial charge in [-0.3, -0.25) is 4.79 Å². The maximum absolute atomic E-state index is 12.1. The van der Waals surface area contributed by atoms with Crippen molar-refractivity contribution in [1.29, 1.82) is 0 Å². The zero-order valence-electron chi connectivity index (χ0n) is 13.2. The molecule has 1 N–H and O–H groups in total. The Morgan fingerprint density at radius 3 is 2.74 bits per heavy atom. The van der Waals surface area contributed by atoms with E-state index in [1.54, 1.807) is 6.92 Å². The minimum Gasteiger partial charge on any atom is -0.488 e. The number of rotatable bonds is 6. The van der Waals surface area contributed by atoms with Gasteiger partial charge in [-0.05, 0) is 24.1 Å². The lowest BCUT2D eigenvalue weighted by atomic mass is 10.1. The molecule has 23 heavy (non-hydrogen) atoms. The maximum atomic E-state index is 12.1. The summed E-state index contributed by atoms with van der Waals surface area (Å²) in [5, 5.41) is 2.91. The van der Waals surface area contributed by atoms with E-state index >= 15 is 0 Å². The molecular weight excluding hydrogens is 290 g/mol. The SMILES string of the molecule is C[C@H](OCc1ccccc1)C(=O)NC[C@H]1Cc2ccccc2O1. The van der Waals surface area contributed by atoms with Crippen LogP contribution in [-0.4, -0.2) is 24.7 Å². The fraction of sp³-hybridized carbons (Fsp3) is 0.316. The molecule has 0 radical (unpaired) electrons. The average molecular weight is 311 g/mol. The molecule has 4 nitrogen and oxygen atoms in total. The van der Waals surface area contributed by atoms with Crippen LogP contribution in [0.4, 0.5) is 0 Å². The lowest BCUT2D eigenvalue weighted by molar-refractivity contribution is -0.132. The number of hydrogen-bond acceptors (Lipinski definition) is 3. The molecule has 0 unspecified atom stereocenters. The molecular formula is C19H21NO3. The molecule has 1 heterocycles. The van der Waals surface area contributed by atoms with Gasteiger partial charge in [0.1, 0.15) is 18.0 Å². The van der Waals surface area contributed by atoms with Crippen LogP contribution in [-0.2, 0) is 22.6 Å². The Hall–Kier alpha value is -2.33. The number of fused-ring (bicyclic) bond motifs is 1. The van der Waals surface area contributed by atoms with Crippen LogP contribution in [0.2, 0.25) is 0 Å². The second-order valence-electron chi connectivity index (χ2n) is 5.74. The first kappa shape index (κ1) is 15.6. The highest BCUT2D eigenvalue weighted by atomic mass is 16.5. The molecule has 120 valence electrons. The minimum atomic E-state index is -0.487. The molecule has 0 aliphatic carbocycles. The van der Waals surface area contributed by atoms with Gasteiger partial charge in [0.2, 0.25) is 5.91 Å². The molecule has 3 rings (SSSR count). The normalized spacial score (nSPS) is 17.2. The van der Waals surface area contributed by atoms with Crippen molar-refractivity contribution in [3.63, 3.8) is 0 Å². The molecule has 0 fully saturated rings. The van der Waals surface area contributed by atoms with Gasteiger partial charge in [-0.25, -0.2) is 0 Å². The van der Waals surface area contributed by atoms with Crippen LogP contribution in [0, 0.1) is 0 Å². The van der Waals surface area contributed by atoms with Crippen LogP contribution in [0.3, 0.4) is 0 Å². The van der Waals surface area contributed by atoms with Crippen LogP contribution >= 0.6 is 0 Å². The summed E-state index contributed by atoms with van der Waals surface area (Å²) in [6.45, 7) is 2.69. The Bertz CT molecular complexity index is 632. The van der Waals surface area contributed by atoms with Crippen molar-refractivity contribution in [3.8, 4) is 5.75 Å². The predicted octanol–water partition coefficient (Wildman–Crippen LogP) is 2.71. The number of nitrogens with one attached hydrogen (secondary N) is 1. The molecule has 0 saturated carbocycles. The molecule has 4 heteroatoms. The highest BCUT2D eigenvalue weighted by molar-refractivity contribution is 5.80. The van der Waals surface area contributed by atoms with Gasteiger partial charge in [-0.1, -0.05) is 48.5 Å². The monoisotopic (exact) mass is 311 g/mol.